The van der Waals surface area contributed by atoms with Gasteiger partial charge in [0.1, 0.15) is 30.7 Å². The number of ether oxygens (including phenoxy) is 2. The van der Waals surface area contributed by atoms with E-state index in [-0.39, 0.29) is 0 Å². The van der Waals surface area contributed by atoms with Crippen LogP contribution in [0.4, 0.5) is 23.0 Å². The van der Waals surface area contributed by atoms with Crippen molar-refractivity contribution in [2.24, 2.45) is 0 Å². The highest BCUT2D eigenvalue weighted by atomic mass is 35.5. The third-order valence-corrected chi connectivity index (χ3v) is 3.98. The molecule has 2 aromatic carbocycles. The normalized spacial score (nSPS) is 12.5. The summed E-state index contributed by atoms with van der Waals surface area (Å²) in [5, 5.41) is 7.18. The largest absolute Gasteiger partial charge is 0.486 e. The Morgan fingerprint density at radius 2 is 1.54 bits per heavy atom. The van der Waals surface area contributed by atoms with E-state index in [1.54, 1.807) is 0 Å². The van der Waals surface area contributed by atoms with E-state index >= 15 is 0 Å². The number of nitrogens with one attached hydrogen (secondary N) is 2. The molecule has 1 aliphatic heterocycles. The Bertz CT molecular complexity index is 949. The summed E-state index contributed by atoms with van der Waals surface area (Å²) < 4.78 is 11.2. The van der Waals surface area contributed by atoms with Crippen molar-refractivity contribution in [2.75, 3.05) is 23.8 Å². The number of hydrogen-bond donors (Lipinski definition) is 2. The minimum absolute atomic E-state index is 0.552. The third-order valence-electron chi connectivity index (χ3n) is 3.75. The van der Waals surface area contributed by atoms with Crippen LogP contribution >= 0.6 is 11.6 Å². The van der Waals surface area contributed by atoms with Crippen molar-refractivity contribution in [1.29, 1.82) is 0 Å². The first-order chi connectivity index (χ1) is 12.7. The fourth-order valence-electron chi connectivity index (χ4n) is 2.68. The van der Waals surface area contributed by atoms with Crippen LogP contribution in [-0.4, -0.2) is 23.2 Å². The summed E-state index contributed by atoms with van der Waals surface area (Å²) in [5.41, 5.74) is 1.72. The average molecular weight is 369 g/mol. The van der Waals surface area contributed by atoms with E-state index in [0.717, 1.165) is 22.9 Å². The van der Waals surface area contributed by atoms with E-state index in [1.807, 2.05) is 55.5 Å². The second kappa shape index (κ2) is 7.09. The number of halogens is 1. The van der Waals surface area contributed by atoms with Crippen LogP contribution in [0.1, 0.15) is 5.82 Å². The van der Waals surface area contributed by atoms with Crippen LogP contribution in [-0.2, 0) is 0 Å². The molecule has 2 N–H and O–H groups in total. The molecule has 0 atom stereocenters. The van der Waals surface area contributed by atoms with Gasteiger partial charge in [0.2, 0.25) is 0 Å². The molecule has 0 fully saturated rings. The van der Waals surface area contributed by atoms with E-state index in [9.17, 15) is 0 Å². The number of benzene rings is 2. The molecule has 1 aliphatic rings. The highest BCUT2D eigenvalue weighted by molar-refractivity contribution is 6.30. The van der Waals surface area contributed by atoms with Crippen LogP contribution in [0.3, 0.4) is 0 Å². The topological polar surface area (TPSA) is 68.3 Å². The van der Waals surface area contributed by atoms with E-state index in [4.69, 9.17) is 21.1 Å². The lowest BCUT2D eigenvalue weighted by Crippen LogP contribution is -2.15. The summed E-state index contributed by atoms with van der Waals surface area (Å²) in [6.07, 6.45) is 0. The molecule has 0 radical (unpaired) electrons. The smallest absolute Gasteiger partial charge is 0.163 e. The van der Waals surface area contributed by atoms with Crippen LogP contribution in [0.2, 0.25) is 5.02 Å². The highest BCUT2D eigenvalue weighted by Crippen LogP contribution is 2.33. The molecule has 0 bridgehead atoms. The number of aryl methyl sites for hydroxylation is 1. The molecule has 0 unspecified atom stereocenters. The number of hydrogen-bond acceptors (Lipinski definition) is 6. The maximum atomic E-state index is 6.03. The number of anilines is 4. The molecule has 0 aliphatic carbocycles. The Kier molecular flexibility index (Phi) is 4.50. The molecule has 7 heteroatoms. The lowest BCUT2D eigenvalue weighted by molar-refractivity contribution is 0.171. The van der Waals surface area contributed by atoms with Gasteiger partial charge in [-0.05, 0) is 37.3 Å². The van der Waals surface area contributed by atoms with Crippen LogP contribution in [0.5, 0.6) is 11.5 Å². The van der Waals surface area contributed by atoms with Gasteiger partial charge in [-0.15, -0.1) is 0 Å². The molecule has 2 heterocycles. The molecule has 0 saturated heterocycles. The SMILES string of the molecule is Cc1nc(Nc2cccc(Cl)c2)cc(Nc2ccc3c(c2)OCCO3)n1. The monoisotopic (exact) mass is 368 g/mol. The Balaban J connectivity index is 1.56. The maximum Gasteiger partial charge on any atom is 0.163 e. The van der Waals surface area contributed by atoms with Gasteiger partial charge in [0.15, 0.2) is 11.5 Å². The molecule has 0 amide bonds. The van der Waals surface area contributed by atoms with Crippen molar-refractivity contribution in [3.63, 3.8) is 0 Å². The molecule has 0 saturated carbocycles. The molecule has 132 valence electrons. The summed E-state index contributed by atoms with van der Waals surface area (Å²) in [4.78, 5) is 8.86. The molecule has 0 spiro atoms. The minimum Gasteiger partial charge on any atom is -0.486 e. The zero-order valence-corrected chi connectivity index (χ0v) is 14.9. The summed E-state index contributed by atoms with van der Waals surface area (Å²) in [5.74, 6) is 3.49. The van der Waals surface area contributed by atoms with Gasteiger partial charge in [-0.3, -0.25) is 0 Å². The number of nitrogens with zero attached hydrogens (tertiary/aromatic N) is 2. The maximum absolute atomic E-state index is 6.03. The van der Waals surface area contributed by atoms with Crippen molar-refractivity contribution in [1.82, 2.24) is 9.97 Å². The van der Waals surface area contributed by atoms with Crippen molar-refractivity contribution in [3.05, 3.63) is 59.4 Å². The van der Waals surface area contributed by atoms with Gasteiger partial charge >= 0.3 is 0 Å². The minimum atomic E-state index is 0.552. The van der Waals surface area contributed by atoms with Crippen LogP contribution < -0.4 is 20.1 Å². The van der Waals surface area contributed by atoms with Gasteiger partial charge < -0.3 is 20.1 Å². The van der Waals surface area contributed by atoms with Crippen LogP contribution in [0.25, 0.3) is 0 Å². The van der Waals surface area contributed by atoms with E-state index in [0.29, 0.717) is 35.7 Å². The quantitative estimate of drug-likeness (QED) is 0.695. The van der Waals surface area contributed by atoms with Gasteiger partial charge in [-0.25, -0.2) is 9.97 Å². The standard InChI is InChI=1S/C19H17ClN4O2/c1-12-21-18(23-14-4-2-3-13(20)9-14)11-19(22-12)24-15-5-6-16-17(10-15)26-8-7-25-16/h2-6,9-11H,7-8H2,1H3,(H2,21,22,23,24). The molecule has 26 heavy (non-hydrogen) atoms. The number of rotatable bonds is 4. The predicted octanol–water partition coefficient (Wildman–Crippen LogP) is 4.70. The number of fused-ring (bicyclic) bond motifs is 1. The number of aromatic nitrogens is 2. The lowest BCUT2D eigenvalue weighted by atomic mass is 10.2. The van der Waals surface area contributed by atoms with Gasteiger partial charge in [-0.2, -0.15) is 0 Å². The molecule has 3 aromatic rings. The van der Waals surface area contributed by atoms with Crippen LogP contribution in [0.15, 0.2) is 48.5 Å². The Morgan fingerprint density at radius 1 is 0.846 bits per heavy atom. The molecule has 6 nitrogen and oxygen atoms in total. The average Bonchev–Trinajstić information content (AvgIpc) is 2.61. The Morgan fingerprint density at radius 3 is 2.27 bits per heavy atom. The summed E-state index contributed by atoms with van der Waals surface area (Å²) >= 11 is 6.03. The molecule has 1 aromatic heterocycles. The van der Waals surface area contributed by atoms with Gasteiger partial charge in [0, 0.05) is 28.5 Å². The first kappa shape index (κ1) is 16.5. The third kappa shape index (κ3) is 3.81. The van der Waals surface area contributed by atoms with Crippen LogP contribution in [0, 0.1) is 6.92 Å². The summed E-state index contributed by atoms with van der Waals surface area (Å²) in [6.45, 7) is 2.97. The molecular weight excluding hydrogens is 352 g/mol. The second-order valence-electron chi connectivity index (χ2n) is 5.80. The fraction of sp³-hybridized carbons (Fsp3) is 0.158. The predicted molar refractivity (Wildman–Crippen MR) is 102 cm³/mol. The highest BCUT2D eigenvalue weighted by Gasteiger charge is 2.12. The zero-order chi connectivity index (χ0) is 17.9. The van der Waals surface area contributed by atoms with Crippen molar-refractivity contribution in [3.8, 4) is 11.5 Å². The van der Waals surface area contributed by atoms with Gasteiger partial charge in [-0.1, -0.05) is 17.7 Å². The van der Waals surface area contributed by atoms with Crippen molar-refractivity contribution < 1.29 is 9.47 Å². The fourth-order valence-corrected chi connectivity index (χ4v) is 2.87. The molecular formula is C19H17ClN4O2. The van der Waals surface area contributed by atoms with Crippen molar-refractivity contribution in [2.45, 2.75) is 6.92 Å². The second-order valence-corrected chi connectivity index (χ2v) is 6.24. The summed E-state index contributed by atoms with van der Waals surface area (Å²) in [7, 11) is 0. The van der Waals surface area contributed by atoms with Gasteiger partial charge in [0.05, 0.1) is 0 Å². The van der Waals surface area contributed by atoms with E-state index < -0.39 is 0 Å². The van der Waals surface area contributed by atoms with Gasteiger partial charge in [0.25, 0.3) is 0 Å². The molecule has 4 rings (SSSR count). The lowest BCUT2D eigenvalue weighted by Gasteiger charge is -2.19. The summed E-state index contributed by atoms with van der Waals surface area (Å²) in [6, 6.07) is 15.0. The Hall–Kier alpha value is -2.99. The first-order valence-corrected chi connectivity index (χ1v) is 8.58. The zero-order valence-electron chi connectivity index (χ0n) is 14.1. The van der Waals surface area contributed by atoms with Crippen molar-refractivity contribution >= 4 is 34.6 Å². The Labute approximate surface area is 156 Å². The van der Waals surface area contributed by atoms with E-state index in [2.05, 4.69) is 20.6 Å². The first-order valence-electron chi connectivity index (χ1n) is 8.21. The van der Waals surface area contributed by atoms with E-state index in [1.165, 1.54) is 0 Å².